The first-order valence-electron chi connectivity index (χ1n) is 7.71. The van der Waals surface area contributed by atoms with Crippen LogP contribution in [-0.4, -0.2) is 34.2 Å². The van der Waals surface area contributed by atoms with Gasteiger partial charge < -0.3 is 15.8 Å². The first-order chi connectivity index (χ1) is 11.6. The summed E-state index contributed by atoms with van der Waals surface area (Å²) in [6, 6.07) is 7.06. The first kappa shape index (κ1) is 16.3. The molecule has 3 N–H and O–H groups in total. The molecule has 0 saturated carbocycles. The number of thiophene rings is 1. The predicted molar refractivity (Wildman–Crippen MR) is 94.5 cm³/mol. The minimum atomic E-state index is -0.153. The molecule has 3 rings (SSSR count). The van der Waals surface area contributed by atoms with Crippen LogP contribution in [0.5, 0.6) is 5.06 Å². The Hall–Kier alpha value is -2.61. The predicted octanol–water partition coefficient (Wildman–Crippen LogP) is 2.58. The molecule has 0 aliphatic carbocycles. The number of ether oxygens (including phenoxy) is 1. The lowest BCUT2D eigenvalue weighted by Crippen LogP contribution is -2.24. The molecule has 24 heavy (non-hydrogen) atoms. The van der Waals surface area contributed by atoms with Gasteiger partial charge in [0.25, 0.3) is 5.91 Å². The average Bonchev–Trinajstić information content (AvgIpc) is 3.21. The van der Waals surface area contributed by atoms with Gasteiger partial charge in [0.1, 0.15) is 5.82 Å². The summed E-state index contributed by atoms with van der Waals surface area (Å²) in [6.45, 7) is 2.72. The number of rotatable bonds is 6. The third-order valence-electron chi connectivity index (χ3n) is 3.55. The summed E-state index contributed by atoms with van der Waals surface area (Å²) in [7, 11) is 1.62. The van der Waals surface area contributed by atoms with E-state index >= 15 is 0 Å². The van der Waals surface area contributed by atoms with E-state index in [1.807, 2.05) is 12.1 Å². The maximum atomic E-state index is 12.2. The fourth-order valence-corrected chi connectivity index (χ4v) is 3.03. The quantitative estimate of drug-likeness (QED) is 0.670. The third kappa shape index (κ3) is 3.18. The molecule has 3 aromatic rings. The van der Waals surface area contributed by atoms with Crippen molar-refractivity contribution in [1.82, 2.24) is 19.9 Å². The van der Waals surface area contributed by atoms with Crippen LogP contribution in [0.4, 0.5) is 5.82 Å². The molecule has 126 valence electrons. The lowest BCUT2D eigenvalue weighted by Gasteiger charge is -2.05. The number of hydrogen-bond donors (Lipinski definition) is 2. The van der Waals surface area contributed by atoms with Gasteiger partial charge in [0.15, 0.2) is 16.5 Å². The summed E-state index contributed by atoms with van der Waals surface area (Å²) in [5.74, 6) is 0.772. The standard InChI is InChI=1S/C16H19N5O2S/c1-3-4-7-18-16(22)10-8-12(17)21-13(9-10)19-15(20-21)11-5-6-14(23-2)24-11/h5-6,8-9H,3-4,7,17H2,1-2H3,(H,18,22). The monoisotopic (exact) mass is 345 g/mol. The number of nitrogens with zero attached hydrogens (tertiary/aromatic N) is 3. The molecule has 0 bridgehead atoms. The number of nitrogens with two attached hydrogens (primary N) is 1. The largest absolute Gasteiger partial charge is 0.487 e. The van der Waals surface area contributed by atoms with Crippen molar-refractivity contribution in [2.24, 2.45) is 0 Å². The van der Waals surface area contributed by atoms with Gasteiger partial charge in [-0.15, -0.1) is 5.10 Å². The van der Waals surface area contributed by atoms with Crippen LogP contribution in [-0.2, 0) is 0 Å². The Morgan fingerprint density at radius 3 is 2.96 bits per heavy atom. The minimum absolute atomic E-state index is 0.153. The molecule has 3 aromatic heterocycles. The number of methoxy groups -OCH3 is 1. The van der Waals surface area contributed by atoms with Gasteiger partial charge in [0.2, 0.25) is 0 Å². The second-order valence-electron chi connectivity index (χ2n) is 5.31. The van der Waals surface area contributed by atoms with Crippen LogP contribution in [0.2, 0.25) is 0 Å². The van der Waals surface area contributed by atoms with E-state index in [0.717, 1.165) is 22.8 Å². The van der Waals surface area contributed by atoms with Crippen molar-refractivity contribution in [2.45, 2.75) is 19.8 Å². The van der Waals surface area contributed by atoms with Crippen molar-refractivity contribution in [3.63, 3.8) is 0 Å². The number of nitrogens with one attached hydrogen (secondary N) is 1. The van der Waals surface area contributed by atoms with E-state index in [1.54, 1.807) is 19.2 Å². The highest BCUT2D eigenvalue weighted by molar-refractivity contribution is 7.17. The Morgan fingerprint density at radius 1 is 1.42 bits per heavy atom. The Morgan fingerprint density at radius 2 is 2.25 bits per heavy atom. The van der Waals surface area contributed by atoms with Gasteiger partial charge in [0.05, 0.1) is 12.0 Å². The molecule has 1 amide bonds. The van der Waals surface area contributed by atoms with Gasteiger partial charge in [-0.1, -0.05) is 24.7 Å². The number of pyridine rings is 1. The Kier molecular flexibility index (Phi) is 4.66. The molecule has 0 unspecified atom stereocenters. The molecule has 8 heteroatoms. The van der Waals surface area contributed by atoms with Crippen molar-refractivity contribution in [2.75, 3.05) is 19.4 Å². The van der Waals surface area contributed by atoms with Crippen molar-refractivity contribution >= 4 is 28.7 Å². The summed E-state index contributed by atoms with van der Waals surface area (Å²) in [5, 5.41) is 8.07. The normalized spacial score (nSPS) is 10.9. The van der Waals surface area contributed by atoms with Crippen LogP contribution in [0.15, 0.2) is 24.3 Å². The molecule has 3 heterocycles. The number of carbonyl (C=O) groups excluding carboxylic acids is 1. The minimum Gasteiger partial charge on any atom is -0.487 e. The molecule has 0 spiro atoms. The summed E-state index contributed by atoms with van der Waals surface area (Å²) in [4.78, 5) is 17.6. The molecular weight excluding hydrogens is 326 g/mol. The Bertz CT molecular complexity index is 871. The van der Waals surface area contributed by atoms with E-state index in [0.29, 0.717) is 29.4 Å². The number of fused-ring (bicyclic) bond motifs is 1. The van der Waals surface area contributed by atoms with Crippen molar-refractivity contribution < 1.29 is 9.53 Å². The average molecular weight is 345 g/mol. The molecule has 0 aliphatic heterocycles. The summed E-state index contributed by atoms with van der Waals surface area (Å²) < 4.78 is 6.72. The highest BCUT2D eigenvalue weighted by atomic mass is 32.1. The van der Waals surface area contributed by atoms with Crippen LogP contribution < -0.4 is 15.8 Å². The molecule has 0 fully saturated rings. The molecule has 0 radical (unpaired) electrons. The summed E-state index contributed by atoms with van der Waals surface area (Å²) >= 11 is 1.45. The zero-order valence-electron chi connectivity index (χ0n) is 13.6. The zero-order valence-corrected chi connectivity index (χ0v) is 14.4. The maximum Gasteiger partial charge on any atom is 0.251 e. The van der Waals surface area contributed by atoms with Crippen LogP contribution in [0.3, 0.4) is 0 Å². The van der Waals surface area contributed by atoms with Crippen LogP contribution in [0.25, 0.3) is 16.3 Å². The number of amides is 1. The van der Waals surface area contributed by atoms with Crippen molar-refractivity contribution in [3.8, 4) is 15.8 Å². The third-order valence-corrected chi connectivity index (χ3v) is 4.59. The molecule has 0 atom stereocenters. The second kappa shape index (κ2) is 6.88. The topological polar surface area (TPSA) is 94.5 Å². The smallest absolute Gasteiger partial charge is 0.251 e. The molecule has 0 aliphatic rings. The summed E-state index contributed by atoms with van der Waals surface area (Å²) in [5.41, 5.74) is 7.06. The maximum absolute atomic E-state index is 12.2. The fraction of sp³-hybridized carbons (Fsp3) is 0.312. The number of carbonyl (C=O) groups is 1. The van der Waals surface area contributed by atoms with Gasteiger partial charge in [-0.05, 0) is 30.7 Å². The number of aromatic nitrogens is 3. The van der Waals surface area contributed by atoms with Crippen LogP contribution >= 0.6 is 11.3 Å². The summed E-state index contributed by atoms with van der Waals surface area (Å²) in [6.07, 6.45) is 1.97. The van der Waals surface area contributed by atoms with Crippen molar-refractivity contribution in [1.29, 1.82) is 0 Å². The van der Waals surface area contributed by atoms with E-state index < -0.39 is 0 Å². The molecular formula is C16H19N5O2S. The first-order valence-corrected chi connectivity index (χ1v) is 8.52. The Labute approximate surface area is 143 Å². The van der Waals surface area contributed by atoms with Gasteiger partial charge >= 0.3 is 0 Å². The van der Waals surface area contributed by atoms with Crippen LogP contribution in [0.1, 0.15) is 30.1 Å². The van der Waals surface area contributed by atoms with Gasteiger partial charge in [-0.2, -0.15) is 4.52 Å². The molecule has 0 saturated heterocycles. The van der Waals surface area contributed by atoms with Gasteiger partial charge in [-0.25, -0.2) is 4.98 Å². The van der Waals surface area contributed by atoms with E-state index in [4.69, 9.17) is 10.5 Å². The lowest BCUT2D eigenvalue weighted by atomic mass is 10.2. The Balaban J connectivity index is 1.91. The van der Waals surface area contributed by atoms with Gasteiger partial charge in [0, 0.05) is 12.1 Å². The van der Waals surface area contributed by atoms with Crippen molar-refractivity contribution in [3.05, 3.63) is 29.8 Å². The molecule has 7 nitrogen and oxygen atoms in total. The van der Waals surface area contributed by atoms with E-state index in [1.165, 1.54) is 15.9 Å². The number of unbranched alkanes of at least 4 members (excludes halogenated alkanes) is 1. The van der Waals surface area contributed by atoms with E-state index in [2.05, 4.69) is 22.3 Å². The number of anilines is 1. The van der Waals surface area contributed by atoms with E-state index in [-0.39, 0.29) is 5.91 Å². The van der Waals surface area contributed by atoms with Gasteiger partial charge in [-0.3, -0.25) is 4.79 Å². The van der Waals surface area contributed by atoms with Crippen LogP contribution in [0, 0.1) is 0 Å². The second-order valence-corrected chi connectivity index (χ2v) is 6.35. The van der Waals surface area contributed by atoms with E-state index in [9.17, 15) is 4.79 Å². The zero-order chi connectivity index (χ0) is 17.1. The highest BCUT2D eigenvalue weighted by Crippen LogP contribution is 2.31. The highest BCUT2D eigenvalue weighted by Gasteiger charge is 2.14. The SMILES string of the molecule is CCCCNC(=O)c1cc(N)n2nc(-c3ccc(OC)s3)nc2c1. The molecule has 0 aromatic carbocycles. The lowest BCUT2D eigenvalue weighted by molar-refractivity contribution is 0.0953. The number of nitrogen functional groups attached to an aromatic ring is 1. The number of hydrogen-bond acceptors (Lipinski definition) is 6. The fourth-order valence-electron chi connectivity index (χ4n) is 2.28.